The lowest BCUT2D eigenvalue weighted by atomic mass is 10.1. The van der Waals surface area contributed by atoms with Gasteiger partial charge in [0, 0.05) is 5.56 Å². The normalized spacial score (nSPS) is 10.7. The summed E-state index contributed by atoms with van der Waals surface area (Å²) in [4.78, 5) is 1.08. The highest BCUT2D eigenvalue weighted by Crippen LogP contribution is 2.33. The van der Waals surface area contributed by atoms with Crippen molar-refractivity contribution < 1.29 is 0 Å². The van der Waals surface area contributed by atoms with Gasteiger partial charge in [-0.2, -0.15) is 5.10 Å². The molecule has 0 saturated carbocycles. The van der Waals surface area contributed by atoms with Gasteiger partial charge in [0.05, 0.1) is 14.9 Å². The van der Waals surface area contributed by atoms with Crippen LogP contribution in [0.1, 0.15) is 12.5 Å². The Morgan fingerprint density at radius 2 is 2.36 bits per heavy atom. The summed E-state index contributed by atoms with van der Waals surface area (Å²) in [5.41, 5.74) is 7.77. The molecule has 74 valence electrons. The molecule has 0 aliphatic carbocycles. The van der Waals surface area contributed by atoms with E-state index in [2.05, 4.69) is 17.1 Å². The number of hydrogen-bond acceptors (Lipinski definition) is 3. The molecule has 2 rings (SSSR count). The van der Waals surface area contributed by atoms with Crippen LogP contribution >= 0.6 is 22.9 Å². The number of hydrogen-bond donors (Lipinski definition) is 2. The summed E-state index contributed by atoms with van der Waals surface area (Å²) in [5, 5.41) is 6.92. The van der Waals surface area contributed by atoms with Crippen LogP contribution in [-0.4, -0.2) is 10.2 Å². The lowest BCUT2D eigenvalue weighted by Crippen LogP contribution is -1.90. The number of nitrogens with two attached hydrogens (primary N) is 1. The van der Waals surface area contributed by atoms with Crippen molar-refractivity contribution in [2.24, 2.45) is 0 Å². The highest BCUT2D eigenvalue weighted by molar-refractivity contribution is 7.19. The molecule has 2 aromatic rings. The molecule has 3 N–H and O–H groups in total. The summed E-state index contributed by atoms with van der Waals surface area (Å²) in [6, 6.07) is 3.84. The minimum absolute atomic E-state index is 0.576. The van der Waals surface area contributed by atoms with E-state index in [0.29, 0.717) is 5.82 Å². The van der Waals surface area contributed by atoms with E-state index in [0.717, 1.165) is 26.9 Å². The Morgan fingerprint density at radius 3 is 2.93 bits per heavy atom. The average molecular weight is 228 g/mol. The van der Waals surface area contributed by atoms with E-state index in [1.54, 1.807) is 0 Å². The Bertz CT molecular complexity index is 447. The molecule has 0 unspecified atom stereocenters. The lowest BCUT2D eigenvalue weighted by Gasteiger charge is -1.96. The zero-order chi connectivity index (χ0) is 10.1. The van der Waals surface area contributed by atoms with Gasteiger partial charge >= 0.3 is 0 Å². The number of rotatable bonds is 2. The molecule has 0 bridgehead atoms. The number of nitrogens with one attached hydrogen (secondary N) is 1. The molecule has 0 aromatic carbocycles. The molecule has 14 heavy (non-hydrogen) atoms. The third-order valence-corrected chi connectivity index (χ3v) is 3.32. The van der Waals surface area contributed by atoms with Crippen LogP contribution in [-0.2, 0) is 6.42 Å². The molecule has 0 fully saturated rings. The molecular formula is C9H10ClN3S. The van der Waals surface area contributed by atoms with Gasteiger partial charge in [-0.25, -0.2) is 0 Å². The fourth-order valence-electron chi connectivity index (χ4n) is 1.39. The van der Waals surface area contributed by atoms with Crippen molar-refractivity contribution in [3.63, 3.8) is 0 Å². The van der Waals surface area contributed by atoms with E-state index in [9.17, 15) is 0 Å². The summed E-state index contributed by atoms with van der Waals surface area (Å²) < 4.78 is 0.773. The van der Waals surface area contributed by atoms with E-state index in [4.69, 9.17) is 17.3 Å². The van der Waals surface area contributed by atoms with Crippen LogP contribution in [0.3, 0.4) is 0 Å². The number of aromatic amines is 1. The van der Waals surface area contributed by atoms with Gasteiger partial charge in [0.2, 0.25) is 0 Å². The van der Waals surface area contributed by atoms with Gasteiger partial charge in [-0.3, -0.25) is 5.10 Å². The van der Waals surface area contributed by atoms with Gasteiger partial charge in [-0.1, -0.05) is 18.5 Å². The van der Waals surface area contributed by atoms with E-state index in [1.165, 1.54) is 11.3 Å². The van der Waals surface area contributed by atoms with Crippen LogP contribution in [0.5, 0.6) is 0 Å². The smallest absolute Gasteiger partial charge is 0.149 e. The van der Waals surface area contributed by atoms with Crippen molar-refractivity contribution >= 4 is 28.8 Å². The van der Waals surface area contributed by atoms with Crippen molar-refractivity contribution in [3.05, 3.63) is 22.0 Å². The van der Waals surface area contributed by atoms with E-state index in [-0.39, 0.29) is 0 Å². The van der Waals surface area contributed by atoms with Crippen LogP contribution in [0.2, 0.25) is 4.34 Å². The van der Waals surface area contributed by atoms with Gasteiger partial charge in [-0.15, -0.1) is 11.3 Å². The number of halogens is 1. The predicted octanol–water partition coefficient (Wildman–Crippen LogP) is 2.94. The minimum atomic E-state index is 0.576. The molecule has 0 atom stereocenters. The Kier molecular flexibility index (Phi) is 2.48. The second kappa shape index (κ2) is 3.63. The van der Waals surface area contributed by atoms with E-state index in [1.807, 2.05) is 12.1 Å². The molecule has 2 heterocycles. The second-order valence-corrected chi connectivity index (χ2v) is 4.63. The van der Waals surface area contributed by atoms with Crippen LogP contribution < -0.4 is 5.73 Å². The third-order valence-electron chi connectivity index (χ3n) is 2.07. The quantitative estimate of drug-likeness (QED) is 0.829. The van der Waals surface area contributed by atoms with Crippen molar-refractivity contribution in [3.8, 4) is 10.6 Å². The summed E-state index contributed by atoms with van der Waals surface area (Å²) in [7, 11) is 0. The highest BCUT2D eigenvalue weighted by atomic mass is 35.5. The maximum Gasteiger partial charge on any atom is 0.149 e. The largest absolute Gasteiger partial charge is 0.382 e. The molecule has 3 nitrogen and oxygen atoms in total. The molecule has 2 aromatic heterocycles. The van der Waals surface area contributed by atoms with Crippen molar-refractivity contribution in [2.45, 2.75) is 13.3 Å². The standard InChI is InChI=1S/C9H10ClN3S/c1-2-5-8(12-13-9(5)11)6-3-4-7(10)14-6/h3-4H,2H2,1H3,(H3,11,12,13). The Morgan fingerprint density at radius 1 is 1.57 bits per heavy atom. The molecular weight excluding hydrogens is 218 g/mol. The molecule has 5 heteroatoms. The second-order valence-electron chi connectivity index (χ2n) is 2.92. The minimum Gasteiger partial charge on any atom is -0.382 e. The average Bonchev–Trinajstić information content (AvgIpc) is 2.71. The zero-order valence-electron chi connectivity index (χ0n) is 7.67. The van der Waals surface area contributed by atoms with Gasteiger partial charge < -0.3 is 5.73 Å². The van der Waals surface area contributed by atoms with E-state index >= 15 is 0 Å². The van der Waals surface area contributed by atoms with Crippen LogP contribution in [0.25, 0.3) is 10.6 Å². The van der Waals surface area contributed by atoms with Gasteiger partial charge in [0.1, 0.15) is 5.82 Å². The van der Waals surface area contributed by atoms with E-state index < -0.39 is 0 Å². The summed E-state index contributed by atoms with van der Waals surface area (Å²) in [6.07, 6.45) is 0.868. The maximum atomic E-state index is 5.87. The molecule has 0 aliphatic heterocycles. The monoisotopic (exact) mass is 227 g/mol. The van der Waals surface area contributed by atoms with Gasteiger partial charge in [0.15, 0.2) is 0 Å². The number of thiophene rings is 1. The third kappa shape index (κ3) is 1.51. The first-order chi connectivity index (χ1) is 6.72. The SMILES string of the molecule is CCc1c(N)n[nH]c1-c1ccc(Cl)s1. The first-order valence-electron chi connectivity index (χ1n) is 4.30. The number of nitrogens with zero attached hydrogens (tertiary/aromatic N) is 1. The summed E-state index contributed by atoms with van der Waals surface area (Å²) in [5.74, 6) is 0.576. The Hall–Kier alpha value is -1.000. The van der Waals surface area contributed by atoms with Gasteiger partial charge in [0.25, 0.3) is 0 Å². The number of anilines is 1. The van der Waals surface area contributed by atoms with Crippen LogP contribution in [0.15, 0.2) is 12.1 Å². The predicted molar refractivity (Wildman–Crippen MR) is 60.7 cm³/mol. The first kappa shape index (κ1) is 9.55. The molecule has 0 saturated heterocycles. The molecule has 0 aliphatic rings. The van der Waals surface area contributed by atoms with Gasteiger partial charge in [-0.05, 0) is 18.6 Å². The molecule has 0 radical (unpaired) electrons. The topological polar surface area (TPSA) is 54.7 Å². The van der Waals surface area contributed by atoms with Crippen molar-refractivity contribution in [1.29, 1.82) is 0 Å². The number of nitrogen functional groups attached to an aromatic ring is 1. The van der Waals surface area contributed by atoms with Crippen LogP contribution in [0, 0.1) is 0 Å². The molecule has 0 amide bonds. The number of aromatic nitrogens is 2. The summed E-state index contributed by atoms with van der Waals surface area (Å²) >= 11 is 7.39. The lowest BCUT2D eigenvalue weighted by molar-refractivity contribution is 1.11. The highest BCUT2D eigenvalue weighted by Gasteiger charge is 2.12. The number of H-pyrrole nitrogens is 1. The maximum absolute atomic E-state index is 5.87. The molecule has 0 spiro atoms. The Balaban J connectivity index is 2.51. The fraction of sp³-hybridized carbons (Fsp3) is 0.222. The fourth-order valence-corrected chi connectivity index (χ4v) is 2.46. The summed E-state index contributed by atoms with van der Waals surface area (Å²) in [6.45, 7) is 2.06. The first-order valence-corrected chi connectivity index (χ1v) is 5.50. The van der Waals surface area contributed by atoms with Crippen LogP contribution in [0.4, 0.5) is 5.82 Å². The zero-order valence-corrected chi connectivity index (χ0v) is 9.25. The van der Waals surface area contributed by atoms with Crippen molar-refractivity contribution in [1.82, 2.24) is 10.2 Å². The Labute approximate surface area is 90.9 Å². The van der Waals surface area contributed by atoms with Crippen molar-refractivity contribution in [2.75, 3.05) is 5.73 Å².